The summed E-state index contributed by atoms with van der Waals surface area (Å²) in [6, 6.07) is 11.3. The molecule has 112 valence electrons. The number of sulfonamides is 1. The smallest absolute Gasteiger partial charge is 0.207 e. The molecule has 2 aromatic rings. The van der Waals surface area contributed by atoms with Crippen molar-refractivity contribution in [1.82, 2.24) is 4.31 Å². The molecule has 0 aromatic heterocycles. The Hall–Kier alpha value is -1.72. The van der Waals surface area contributed by atoms with Crippen LogP contribution in [0.2, 0.25) is 0 Å². The Morgan fingerprint density at radius 1 is 1.10 bits per heavy atom. The first-order valence-corrected chi connectivity index (χ1v) is 8.03. The van der Waals surface area contributed by atoms with Gasteiger partial charge in [0.15, 0.2) is 0 Å². The van der Waals surface area contributed by atoms with Gasteiger partial charge in [-0.1, -0.05) is 24.3 Å². The fourth-order valence-electron chi connectivity index (χ4n) is 2.13. The Morgan fingerprint density at radius 2 is 1.81 bits per heavy atom. The number of rotatable bonds is 4. The first-order chi connectivity index (χ1) is 9.80. The Kier molecular flexibility index (Phi) is 4.44. The summed E-state index contributed by atoms with van der Waals surface area (Å²) in [7, 11) is -2.09. The zero-order chi connectivity index (χ0) is 15.6. The molecular formula is C16H18FNO2S. The van der Waals surface area contributed by atoms with Crippen LogP contribution >= 0.6 is 0 Å². The van der Waals surface area contributed by atoms with Gasteiger partial charge in [-0.25, -0.2) is 12.8 Å². The lowest BCUT2D eigenvalue weighted by molar-refractivity contribution is 0.465. The Labute approximate surface area is 125 Å². The van der Waals surface area contributed by atoms with Gasteiger partial charge in [0, 0.05) is 13.6 Å². The minimum Gasteiger partial charge on any atom is -0.207 e. The van der Waals surface area contributed by atoms with Crippen molar-refractivity contribution < 1.29 is 12.8 Å². The zero-order valence-electron chi connectivity index (χ0n) is 12.3. The van der Waals surface area contributed by atoms with E-state index in [0.29, 0.717) is 16.0 Å². The maximum atomic E-state index is 13.2. The van der Waals surface area contributed by atoms with Crippen LogP contribution in [0.3, 0.4) is 0 Å². The number of hydrogen-bond donors (Lipinski definition) is 0. The van der Waals surface area contributed by atoms with E-state index in [1.165, 1.54) is 23.5 Å². The molecule has 0 spiro atoms. The van der Waals surface area contributed by atoms with Gasteiger partial charge in [-0.3, -0.25) is 0 Å². The summed E-state index contributed by atoms with van der Waals surface area (Å²) >= 11 is 0. The highest BCUT2D eigenvalue weighted by Gasteiger charge is 2.23. The second-order valence-corrected chi connectivity index (χ2v) is 7.17. The van der Waals surface area contributed by atoms with Crippen LogP contribution in [-0.4, -0.2) is 19.8 Å². The SMILES string of the molecule is Cc1ccc(C)c(S(=O)(=O)N(C)Cc2cccc(F)c2)c1. The van der Waals surface area contributed by atoms with Crippen LogP contribution in [0.1, 0.15) is 16.7 Å². The average molecular weight is 307 g/mol. The van der Waals surface area contributed by atoms with E-state index in [1.54, 1.807) is 31.2 Å². The molecule has 0 saturated heterocycles. The highest BCUT2D eigenvalue weighted by Crippen LogP contribution is 2.21. The maximum Gasteiger partial charge on any atom is 0.243 e. The minimum atomic E-state index is -3.59. The topological polar surface area (TPSA) is 37.4 Å². The maximum absolute atomic E-state index is 13.2. The van der Waals surface area contributed by atoms with Crippen molar-refractivity contribution in [2.75, 3.05) is 7.05 Å². The van der Waals surface area contributed by atoms with Gasteiger partial charge in [-0.05, 0) is 48.7 Å². The average Bonchev–Trinajstić information content (AvgIpc) is 2.41. The van der Waals surface area contributed by atoms with E-state index >= 15 is 0 Å². The van der Waals surface area contributed by atoms with Crippen LogP contribution in [0.25, 0.3) is 0 Å². The molecule has 5 heteroatoms. The van der Waals surface area contributed by atoms with E-state index in [0.717, 1.165) is 5.56 Å². The van der Waals surface area contributed by atoms with Gasteiger partial charge in [-0.2, -0.15) is 4.31 Å². The first-order valence-electron chi connectivity index (χ1n) is 6.59. The van der Waals surface area contributed by atoms with Crippen molar-refractivity contribution in [3.63, 3.8) is 0 Å². The summed E-state index contributed by atoms with van der Waals surface area (Å²) in [5, 5.41) is 0. The number of benzene rings is 2. The summed E-state index contributed by atoms with van der Waals surface area (Å²) < 4.78 is 39.7. The standard InChI is InChI=1S/C16H18FNO2S/c1-12-7-8-13(2)16(9-12)21(19,20)18(3)11-14-5-4-6-15(17)10-14/h4-10H,11H2,1-3H3. The van der Waals surface area contributed by atoms with E-state index in [-0.39, 0.29) is 12.4 Å². The molecule has 0 aliphatic carbocycles. The van der Waals surface area contributed by atoms with E-state index in [9.17, 15) is 12.8 Å². The van der Waals surface area contributed by atoms with E-state index < -0.39 is 10.0 Å². The number of hydrogen-bond acceptors (Lipinski definition) is 2. The molecule has 0 bridgehead atoms. The van der Waals surface area contributed by atoms with Gasteiger partial charge >= 0.3 is 0 Å². The summed E-state index contributed by atoms with van der Waals surface area (Å²) in [6.07, 6.45) is 0. The Bertz CT molecular complexity index is 757. The molecule has 2 aromatic carbocycles. The Morgan fingerprint density at radius 3 is 2.48 bits per heavy atom. The van der Waals surface area contributed by atoms with Crippen molar-refractivity contribution in [2.45, 2.75) is 25.3 Å². The van der Waals surface area contributed by atoms with Crippen molar-refractivity contribution in [2.24, 2.45) is 0 Å². The zero-order valence-corrected chi connectivity index (χ0v) is 13.1. The Balaban J connectivity index is 2.33. The number of aryl methyl sites for hydroxylation is 2. The highest BCUT2D eigenvalue weighted by atomic mass is 32.2. The molecule has 0 N–H and O–H groups in total. The van der Waals surface area contributed by atoms with Gasteiger partial charge < -0.3 is 0 Å². The lowest BCUT2D eigenvalue weighted by Crippen LogP contribution is -2.27. The molecule has 0 radical (unpaired) electrons. The highest BCUT2D eigenvalue weighted by molar-refractivity contribution is 7.89. The molecular weight excluding hydrogens is 289 g/mol. The van der Waals surface area contributed by atoms with Crippen molar-refractivity contribution in [1.29, 1.82) is 0 Å². The predicted octanol–water partition coefficient (Wildman–Crippen LogP) is 3.26. The first kappa shape index (κ1) is 15.7. The third-order valence-corrected chi connectivity index (χ3v) is 5.27. The molecule has 0 amide bonds. The monoisotopic (exact) mass is 307 g/mol. The molecule has 0 unspecified atom stereocenters. The van der Waals surface area contributed by atoms with Gasteiger partial charge in [0.2, 0.25) is 10.0 Å². The van der Waals surface area contributed by atoms with Gasteiger partial charge in [0.05, 0.1) is 4.90 Å². The molecule has 0 heterocycles. The van der Waals surface area contributed by atoms with Gasteiger partial charge in [-0.15, -0.1) is 0 Å². The second-order valence-electron chi connectivity index (χ2n) is 5.16. The van der Waals surface area contributed by atoms with Crippen molar-refractivity contribution in [3.8, 4) is 0 Å². The summed E-state index contributed by atoms with van der Waals surface area (Å²) in [6.45, 7) is 3.75. The van der Waals surface area contributed by atoms with Crippen LogP contribution in [-0.2, 0) is 16.6 Å². The van der Waals surface area contributed by atoms with Crippen LogP contribution in [0.15, 0.2) is 47.4 Å². The lowest BCUT2D eigenvalue weighted by Gasteiger charge is -2.19. The predicted molar refractivity (Wildman–Crippen MR) is 81.0 cm³/mol. The van der Waals surface area contributed by atoms with Crippen LogP contribution in [0.4, 0.5) is 4.39 Å². The normalized spacial score (nSPS) is 11.9. The molecule has 0 saturated carbocycles. The van der Waals surface area contributed by atoms with E-state index in [1.807, 2.05) is 13.0 Å². The molecule has 2 rings (SSSR count). The fourth-order valence-corrected chi connectivity index (χ4v) is 3.60. The lowest BCUT2D eigenvalue weighted by atomic mass is 10.2. The molecule has 0 aliphatic rings. The third-order valence-electron chi connectivity index (χ3n) is 3.33. The molecule has 0 aliphatic heterocycles. The van der Waals surface area contributed by atoms with Gasteiger partial charge in [0.25, 0.3) is 0 Å². The van der Waals surface area contributed by atoms with Crippen molar-refractivity contribution in [3.05, 3.63) is 65.0 Å². The quantitative estimate of drug-likeness (QED) is 0.869. The van der Waals surface area contributed by atoms with E-state index in [4.69, 9.17) is 0 Å². The van der Waals surface area contributed by atoms with Crippen molar-refractivity contribution >= 4 is 10.0 Å². The van der Waals surface area contributed by atoms with E-state index in [2.05, 4.69) is 0 Å². The van der Waals surface area contributed by atoms with Crippen LogP contribution in [0.5, 0.6) is 0 Å². The summed E-state index contributed by atoms with van der Waals surface area (Å²) in [5.41, 5.74) is 2.21. The van der Waals surface area contributed by atoms with Crippen LogP contribution < -0.4 is 0 Å². The largest absolute Gasteiger partial charge is 0.243 e. The molecule has 0 fully saturated rings. The summed E-state index contributed by atoms with van der Waals surface area (Å²) in [4.78, 5) is 0.293. The van der Waals surface area contributed by atoms with Crippen LogP contribution in [0, 0.1) is 19.7 Å². The molecule has 21 heavy (non-hydrogen) atoms. The van der Waals surface area contributed by atoms with Gasteiger partial charge in [0.1, 0.15) is 5.82 Å². The fraction of sp³-hybridized carbons (Fsp3) is 0.250. The molecule has 3 nitrogen and oxygen atoms in total. The third kappa shape index (κ3) is 3.49. The second kappa shape index (κ2) is 5.95. The number of nitrogens with zero attached hydrogens (tertiary/aromatic N) is 1. The number of halogens is 1. The minimum absolute atomic E-state index is 0.132. The molecule has 0 atom stereocenters. The summed E-state index contributed by atoms with van der Waals surface area (Å²) in [5.74, 6) is -0.370.